The highest BCUT2D eigenvalue weighted by Crippen LogP contribution is 2.09. The molecule has 0 saturated carbocycles. The van der Waals surface area contributed by atoms with Crippen LogP contribution in [0.3, 0.4) is 0 Å². The van der Waals surface area contributed by atoms with Gasteiger partial charge in [0.05, 0.1) is 12.3 Å². The van der Waals surface area contributed by atoms with Gasteiger partial charge < -0.3 is 19.2 Å². The Labute approximate surface area is 103 Å². The van der Waals surface area contributed by atoms with E-state index in [9.17, 15) is 0 Å². The van der Waals surface area contributed by atoms with Gasteiger partial charge in [0.25, 0.3) is 0 Å². The van der Waals surface area contributed by atoms with Crippen LogP contribution >= 0.6 is 0 Å². The molecule has 0 aliphatic rings. The Hall–Kier alpha value is -1.07. The van der Waals surface area contributed by atoms with E-state index in [0.717, 1.165) is 18.8 Å². The molecule has 0 atom stereocenters. The quantitative estimate of drug-likeness (QED) is 0.670. The first-order valence-electron chi connectivity index (χ1n) is 6.08. The lowest BCUT2D eigenvalue weighted by Gasteiger charge is -2.06. The van der Waals surface area contributed by atoms with Gasteiger partial charge in [0, 0.05) is 13.2 Å². The highest BCUT2D eigenvalue weighted by atomic mass is 16.6. The molecule has 1 heterocycles. The summed E-state index contributed by atoms with van der Waals surface area (Å²) in [5, 5.41) is 3.16. The Morgan fingerprint density at radius 3 is 2.94 bits per heavy atom. The van der Waals surface area contributed by atoms with Crippen molar-refractivity contribution in [2.75, 3.05) is 26.4 Å². The third-order valence-electron chi connectivity index (χ3n) is 1.99. The van der Waals surface area contributed by atoms with Crippen LogP contribution in [-0.2, 0) is 11.3 Å². The van der Waals surface area contributed by atoms with Crippen LogP contribution in [0.4, 0.5) is 0 Å². The molecule has 0 radical (unpaired) electrons. The van der Waals surface area contributed by atoms with Gasteiger partial charge in [-0.2, -0.15) is 4.98 Å². The van der Waals surface area contributed by atoms with Crippen molar-refractivity contribution in [2.24, 2.45) is 5.92 Å². The van der Waals surface area contributed by atoms with Crippen LogP contribution in [0.25, 0.3) is 0 Å². The van der Waals surface area contributed by atoms with Gasteiger partial charge in [0.2, 0.25) is 0 Å². The first-order valence-corrected chi connectivity index (χ1v) is 6.08. The number of aromatic nitrogens is 1. The van der Waals surface area contributed by atoms with Crippen LogP contribution in [0.2, 0.25) is 0 Å². The van der Waals surface area contributed by atoms with Crippen LogP contribution in [0.1, 0.15) is 26.5 Å². The zero-order valence-corrected chi connectivity index (χ0v) is 10.9. The third-order valence-corrected chi connectivity index (χ3v) is 1.99. The second kappa shape index (κ2) is 8.08. The standard InChI is InChI=1S/C12H22N2O3/c1-4-13-7-11-9-17-12(14-11)16-6-5-15-8-10(2)3/h9-10,13H,4-8H2,1-3H3. The van der Waals surface area contributed by atoms with Gasteiger partial charge in [-0.05, 0) is 12.5 Å². The number of nitrogens with one attached hydrogen (secondary N) is 1. The molecule has 0 spiro atoms. The Bertz CT molecular complexity index is 300. The average Bonchev–Trinajstić information content (AvgIpc) is 2.73. The second-order valence-corrected chi connectivity index (χ2v) is 4.20. The van der Waals surface area contributed by atoms with Gasteiger partial charge in [-0.15, -0.1) is 0 Å². The van der Waals surface area contributed by atoms with Crippen LogP contribution in [0.15, 0.2) is 10.7 Å². The predicted molar refractivity (Wildman–Crippen MR) is 65.0 cm³/mol. The lowest BCUT2D eigenvalue weighted by Crippen LogP contribution is -2.12. The van der Waals surface area contributed by atoms with Crippen LogP contribution in [0.5, 0.6) is 6.08 Å². The van der Waals surface area contributed by atoms with Crippen LogP contribution in [0, 0.1) is 5.92 Å². The zero-order chi connectivity index (χ0) is 12.5. The van der Waals surface area contributed by atoms with Crippen molar-refractivity contribution in [1.82, 2.24) is 10.3 Å². The molecule has 5 heteroatoms. The SMILES string of the molecule is CCNCc1coc(OCCOCC(C)C)n1. The number of oxazole rings is 1. The molecule has 0 aromatic carbocycles. The fourth-order valence-electron chi connectivity index (χ4n) is 1.20. The maximum absolute atomic E-state index is 5.38. The van der Waals surface area contributed by atoms with Gasteiger partial charge in [-0.1, -0.05) is 20.8 Å². The van der Waals surface area contributed by atoms with E-state index >= 15 is 0 Å². The van der Waals surface area contributed by atoms with E-state index in [4.69, 9.17) is 13.9 Å². The molecule has 0 bridgehead atoms. The monoisotopic (exact) mass is 242 g/mol. The maximum atomic E-state index is 5.38. The predicted octanol–water partition coefficient (Wildman–Crippen LogP) is 1.84. The highest BCUT2D eigenvalue weighted by molar-refractivity contribution is 4.99. The van der Waals surface area contributed by atoms with Gasteiger partial charge in [-0.25, -0.2) is 0 Å². The molecule has 0 unspecified atom stereocenters. The minimum absolute atomic E-state index is 0.311. The Morgan fingerprint density at radius 1 is 1.41 bits per heavy atom. The van der Waals surface area contributed by atoms with Crippen molar-refractivity contribution in [3.8, 4) is 6.08 Å². The van der Waals surface area contributed by atoms with E-state index in [1.807, 2.05) is 6.92 Å². The smallest absolute Gasteiger partial charge is 0.393 e. The van der Waals surface area contributed by atoms with Crippen molar-refractivity contribution in [1.29, 1.82) is 0 Å². The summed E-state index contributed by atoms with van der Waals surface area (Å²) in [5.74, 6) is 0.545. The average molecular weight is 242 g/mol. The molecule has 1 N–H and O–H groups in total. The second-order valence-electron chi connectivity index (χ2n) is 4.20. The number of rotatable bonds is 9. The van der Waals surface area contributed by atoms with E-state index < -0.39 is 0 Å². The van der Waals surface area contributed by atoms with Crippen LogP contribution in [-0.4, -0.2) is 31.3 Å². The summed E-state index contributed by atoms with van der Waals surface area (Å²) in [6.45, 7) is 9.66. The minimum atomic E-state index is 0.311. The van der Waals surface area contributed by atoms with Gasteiger partial charge in [-0.3, -0.25) is 0 Å². The summed E-state index contributed by atoms with van der Waals surface area (Å²) in [4.78, 5) is 4.17. The molecule has 17 heavy (non-hydrogen) atoms. The number of hydrogen-bond acceptors (Lipinski definition) is 5. The third kappa shape index (κ3) is 6.28. The minimum Gasteiger partial charge on any atom is -0.448 e. The van der Waals surface area contributed by atoms with E-state index in [0.29, 0.717) is 31.8 Å². The van der Waals surface area contributed by atoms with Gasteiger partial charge >= 0.3 is 6.08 Å². The number of hydrogen-bond donors (Lipinski definition) is 1. The maximum Gasteiger partial charge on any atom is 0.393 e. The molecule has 0 saturated heterocycles. The fourth-order valence-corrected chi connectivity index (χ4v) is 1.20. The molecule has 5 nitrogen and oxygen atoms in total. The van der Waals surface area contributed by atoms with Crippen molar-refractivity contribution in [3.63, 3.8) is 0 Å². The lowest BCUT2D eigenvalue weighted by atomic mass is 10.2. The Balaban J connectivity index is 2.12. The summed E-state index contributed by atoms with van der Waals surface area (Å²) in [5.41, 5.74) is 0.852. The summed E-state index contributed by atoms with van der Waals surface area (Å²) in [6, 6.07) is 0. The molecule has 1 aromatic heterocycles. The van der Waals surface area contributed by atoms with E-state index in [2.05, 4.69) is 24.1 Å². The number of ether oxygens (including phenoxy) is 2. The van der Waals surface area contributed by atoms with E-state index in [1.54, 1.807) is 6.26 Å². The van der Waals surface area contributed by atoms with Crippen molar-refractivity contribution in [3.05, 3.63) is 12.0 Å². The molecule has 0 aliphatic carbocycles. The normalized spacial score (nSPS) is 11.1. The van der Waals surface area contributed by atoms with Crippen molar-refractivity contribution >= 4 is 0 Å². The molecule has 1 aromatic rings. The molecule has 0 fully saturated rings. The van der Waals surface area contributed by atoms with Crippen molar-refractivity contribution < 1.29 is 13.9 Å². The van der Waals surface area contributed by atoms with E-state index in [-0.39, 0.29) is 0 Å². The molecule has 98 valence electrons. The molecular formula is C12H22N2O3. The zero-order valence-electron chi connectivity index (χ0n) is 10.9. The first kappa shape index (κ1) is 14.0. The van der Waals surface area contributed by atoms with Crippen LogP contribution < -0.4 is 10.1 Å². The Kier molecular flexibility index (Phi) is 6.65. The first-order chi connectivity index (χ1) is 8.22. The van der Waals surface area contributed by atoms with Gasteiger partial charge in [0.15, 0.2) is 0 Å². The summed E-state index contributed by atoms with van der Waals surface area (Å²) in [7, 11) is 0. The summed E-state index contributed by atoms with van der Waals surface area (Å²) < 4.78 is 15.9. The molecular weight excluding hydrogens is 220 g/mol. The molecule has 1 rings (SSSR count). The molecule has 0 aliphatic heterocycles. The summed E-state index contributed by atoms with van der Waals surface area (Å²) in [6.07, 6.45) is 1.92. The largest absolute Gasteiger partial charge is 0.448 e. The summed E-state index contributed by atoms with van der Waals surface area (Å²) >= 11 is 0. The van der Waals surface area contributed by atoms with E-state index in [1.165, 1.54) is 0 Å². The number of nitrogens with zero attached hydrogens (tertiary/aromatic N) is 1. The topological polar surface area (TPSA) is 56.5 Å². The molecule has 0 amide bonds. The highest BCUT2D eigenvalue weighted by Gasteiger charge is 2.04. The van der Waals surface area contributed by atoms with Crippen molar-refractivity contribution in [2.45, 2.75) is 27.3 Å². The Morgan fingerprint density at radius 2 is 2.24 bits per heavy atom. The fraction of sp³-hybridized carbons (Fsp3) is 0.750. The lowest BCUT2D eigenvalue weighted by molar-refractivity contribution is 0.0724. The van der Waals surface area contributed by atoms with Gasteiger partial charge in [0.1, 0.15) is 12.9 Å².